The van der Waals surface area contributed by atoms with E-state index in [9.17, 15) is 0 Å². The van der Waals surface area contributed by atoms with Crippen LogP contribution >= 0.6 is 0 Å². The molecule has 6 unspecified atom stereocenters. The fraction of sp³-hybridized carbons (Fsp3) is 1.00. The summed E-state index contributed by atoms with van der Waals surface area (Å²) in [5.41, 5.74) is 0. The van der Waals surface area contributed by atoms with E-state index in [-0.39, 0.29) is 6.10 Å². The molecule has 3 heteroatoms. The second-order valence-electron chi connectivity index (χ2n) is 7.14. The van der Waals surface area contributed by atoms with Gasteiger partial charge in [-0.25, -0.2) is 0 Å². The number of ether oxygens (including phenoxy) is 2. The smallest absolute Gasteiger partial charge is 0.0987 e. The molecule has 0 radical (unpaired) electrons. The highest BCUT2D eigenvalue weighted by atomic mass is 16.5. The number of hydrogen-bond donors (Lipinski definition) is 1. The van der Waals surface area contributed by atoms with E-state index in [1.54, 1.807) is 0 Å². The van der Waals surface area contributed by atoms with Crippen LogP contribution in [-0.2, 0) is 9.47 Å². The molecule has 0 aliphatic heterocycles. The zero-order chi connectivity index (χ0) is 14.7. The van der Waals surface area contributed by atoms with E-state index in [4.69, 9.17) is 9.47 Å². The molecule has 0 bridgehead atoms. The van der Waals surface area contributed by atoms with Crippen LogP contribution < -0.4 is 5.32 Å². The van der Waals surface area contributed by atoms with Crippen LogP contribution in [0, 0.1) is 17.8 Å². The van der Waals surface area contributed by atoms with Gasteiger partial charge in [0.1, 0.15) is 0 Å². The second kappa shape index (κ2) is 7.24. The van der Waals surface area contributed by atoms with E-state index < -0.39 is 0 Å². The summed E-state index contributed by atoms with van der Waals surface area (Å²) in [5, 5.41) is 3.49. The lowest BCUT2D eigenvalue weighted by Crippen LogP contribution is -2.61. The fourth-order valence-electron chi connectivity index (χ4n) is 3.99. The van der Waals surface area contributed by atoms with Gasteiger partial charge in [0.15, 0.2) is 0 Å². The van der Waals surface area contributed by atoms with Gasteiger partial charge in [-0.1, -0.05) is 34.1 Å². The standard InChI is InChI=1S/C17H33NO2/c1-6-18-14-10-16(17(14)19-5)20-15-9-12(4)7-8-13(15)11(2)3/h11-18H,6-10H2,1-5H3. The van der Waals surface area contributed by atoms with Crippen LogP contribution in [-0.4, -0.2) is 38.0 Å². The van der Waals surface area contributed by atoms with Crippen molar-refractivity contribution in [1.29, 1.82) is 0 Å². The summed E-state index contributed by atoms with van der Waals surface area (Å²) in [7, 11) is 1.81. The number of methoxy groups -OCH3 is 1. The lowest BCUT2D eigenvalue weighted by atomic mass is 9.75. The van der Waals surface area contributed by atoms with Gasteiger partial charge < -0.3 is 14.8 Å². The summed E-state index contributed by atoms with van der Waals surface area (Å²) >= 11 is 0. The summed E-state index contributed by atoms with van der Waals surface area (Å²) in [6.07, 6.45) is 5.97. The highest BCUT2D eigenvalue weighted by Gasteiger charge is 2.44. The minimum absolute atomic E-state index is 0.236. The predicted molar refractivity (Wildman–Crippen MR) is 82.9 cm³/mol. The van der Waals surface area contributed by atoms with Crippen LogP contribution in [0.1, 0.15) is 53.4 Å². The van der Waals surface area contributed by atoms with Crippen molar-refractivity contribution in [3.63, 3.8) is 0 Å². The van der Waals surface area contributed by atoms with E-state index in [1.807, 2.05) is 7.11 Å². The van der Waals surface area contributed by atoms with Gasteiger partial charge in [0.25, 0.3) is 0 Å². The number of likely N-dealkylation sites (N-methyl/N-ethyl adjacent to an activating group) is 1. The molecule has 0 aromatic carbocycles. The van der Waals surface area contributed by atoms with Gasteiger partial charge in [0.2, 0.25) is 0 Å². The number of rotatable bonds is 6. The molecule has 2 rings (SSSR count). The van der Waals surface area contributed by atoms with E-state index in [2.05, 4.69) is 33.0 Å². The average molecular weight is 283 g/mol. The molecular formula is C17H33NO2. The molecule has 3 nitrogen and oxygen atoms in total. The third kappa shape index (κ3) is 3.55. The van der Waals surface area contributed by atoms with Gasteiger partial charge in [0.05, 0.1) is 18.3 Å². The lowest BCUT2D eigenvalue weighted by Gasteiger charge is -2.47. The molecular weight excluding hydrogens is 250 g/mol. The van der Waals surface area contributed by atoms with Gasteiger partial charge >= 0.3 is 0 Å². The minimum Gasteiger partial charge on any atom is -0.377 e. The van der Waals surface area contributed by atoms with Crippen LogP contribution in [0.3, 0.4) is 0 Å². The van der Waals surface area contributed by atoms with Gasteiger partial charge in [-0.3, -0.25) is 0 Å². The Labute approximate surface area is 124 Å². The normalized spacial score (nSPS) is 41.7. The van der Waals surface area contributed by atoms with Gasteiger partial charge in [-0.15, -0.1) is 0 Å². The summed E-state index contributed by atoms with van der Waals surface area (Å²) < 4.78 is 12.1. The van der Waals surface area contributed by atoms with Crippen molar-refractivity contribution in [1.82, 2.24) is 5.32 Å². The van der Waals surface area contributed by atoms with Crippen molar-refractivity contribution in [2.45, 2.75) is 77.7 Å². The first-order chi connectivity index (χ1) is 9.56. The maximum absolute atomic E-state index is 6.49. The Morgan fingerprint density at radius 1 is 1.15 bits per heavy atom. The first kappa shape index (κ1) is 16.3. The Morgan fingerprint density at radius 3 is 2.50 bits per heavy atom. The number of nitrogens with one attached hydrogen (secondary N) is 1. The van der Waals surface area contributed by atoms with Crippen molar-refractivity contribution in [2.75, 3.05) is 13.7 Å². The molecule has 0 saturated heterocycles. The van der Waals surface area contributed by atoms with Gasteiger partial charge in [0, 0.05) is 13.2 Å². The second-order valence-corrected chi connectivity index (χ2v) is 7.14. The van der Waals surface area contributed by atoms with Gasteiger partial charge in [-0.05, 0) is 43.6 Å². The highest BCUT2D eigenvalue weighted by Crippen LogP contribution is 2.38. The summed E-state index contributed by atoms with van der Waals surface area (Å²) in [5.74, 6) is 2.25. The molecule has 6 atom stereocenters. The van der Waals surface area contributed by atoms with Crippen molar-refractivity contribution in [2.24, 2.45) is 17.8 Å². The largest absolute Gasteiger partial charge is 0.377 e. The van der Waals surface area contributed by atoms with Crippen molar-refractivity contribution >= 4 is 0 Å². The predicted octanol–water partition coefficient (Wildman–Crippen LogP) is 3.23. The zero-order valence-electron chi connectivity index (χ0n) is 13.9. The molecule has 0 spiro atoms. The molecule has 1 N–H and O–H groups in total. The van der Waals surface area contributed by atoms with E-state index in [1.165, 1.54) is 19.3 Å². The van der Waals surface area contributed by atoms with Crippen LogP contribution in [0.15, 0.2) is 0 Å². The third-order valence-corrected chi connectivity index (χ3v) is 5.30. The summed E-state index contributed by atoms with van der Waals surface area (Å²) in [6, 6.07) is 0.480. The third-order valence-electron chi connectivity index (χ3n) is 5.30. The average Bonchev–Trinajstić information content (AvgIpc) is 2.37. The Bertz CT molecular complexity index is 295. The van der Waals surface area contributed by atoms with Crippen molar-refractivity contribution < 1.29 is 9.47 Å². The molecule has 118 valence electrons. The SMILES string of the molecule is CCNC1CC(OC2CC(C)CCC2C(C)C)C1OC. The Balaban J connectivity index is 1.90. The van der Waals surface area contributed by atoms with Crippen molar-refractivity contribution in [3.05, 3.63) is 0 Å². The Morgan fingerprint density at radius 2 is 1.90 bits per heavy atom. The van der Waals surface area contributed by atoms with Gasteiger partial charge in [-0.2, -0.15) is 0 Å². The zero-order valence-corrected chi connectivity index (χ0v) is 13.9. The molecule has 2 fully saturated rings. The topological polar surface area (TPSA) is 30.5 Å². The molecule has 0 heterocycles. The van der Waals surface area contributed by atoms with Crippen LogP contribution in [0.4, 0.5) is 0 Å². The maximum atomic E-state index is 6.49. The van der Waals surface area contributed by atoms with E-state index in [0.29, 0.717) is 18.2 Å². The molecule has 0 aromatic heterocycles. The Hall–Kier alpha value is -0.120. The summed E-state index contributed by atoms with van der Waals surface area (Å²) in [4.78, 5) is 0. The quantitative estimate of drug-likeness (QED) is 0.812. The molecule has 2 saturated carbocycles. The van der Waals surface area contributed by atoms with E-state index >= 15 is 0 Å². The van der Waals surface area contributed by atoms with Crippen LogP contribution in [0.5, 0.6) is 0 Å². The molecule has 0 amide bonds. The first-order valence-corrected chi connectivity index (χ1v) is 8.48. The van der Waals surface area contributed by atoms with Crippen molar-refractivity contribution in [3.8, 4) is 0 Å². The van der Waals surface area contributed by atoms with E-state index in [0.717, 1.165) is 30.7 Å². The molecule has 2 aliphatic carbocycles. The van der Waals surface area contributed by atoms with Crippen LogP contribution in [0.25, 0.3) is 0 Å². The molecule has 20 heavy (non-hydrogen) atoms. The summed E-state index contributed by atoms with van der Waals surface area (Å²) in [6.45, 7) is 10.2. The molecule has 0 aromatic rings. The lowest BCUT2D eigenvalue weighted by molar-refractivity contribution is -0.179. The number of hydrogen-bond acceptors (Lipinski definition) is 3. The highest BCUT2D eigenvalue weighted by molar-refractivity contribution is 4.98. The monoisotopic (exact) mass is 283 g/mol. The molecule has 2 aliphatic rings. The Kier molecular flexibility index (Phi) is 5.88. The first-order valence-electron chi connectivity index (χ1n) is 8.48. The fourth-order valence-corrected chi connectivity index (χ4v) is 3.99. The minimum atomic E-state index is 0.236. The maximum Gasteiger partial charge on any atom is 0.0987 e. The van der Waals surface area contributed by atoms with Crippen LogP contribution in [0.2, 0.25) is 0 Å².